The van der Waals surface area contributed by atoms with Crippen LogP contribution in [0.1, 0.15) is 132 Å². The van der Waals surface area contributed by atoms with Gasteiger partial charge in [-0.3, -0.25) is 14.5 Å². The van der Waals surface area contributed by atoms with E-state index in [1.165, 1.54) is 16.7 Å². The molecular weight excluding hydrogens is 1160 g/mol. The summed E-state index contributed by atoms with van der Waals surface area (Å²) in [6, 6.07) is 57.8. The molecule has 7 heteroatoms. The van der Waals surface area contributed by atoms with Crippen molar-refractivity contribution in [2.24, 2.45) is 0 Å². The van der Waals surface area contributed by atoms with Gasteiger partial charge in [0.25, 0.3) is 0 Å². The molecule has 0 spiro atoms. The van der Waals surface area contributed by atoms with Crippen LogP contribution in [-0.2, 0) is 48.1 Å². The maximum Gasteiger partial charge on any atom is 0.148 e. The van der Waals surface area contributed by atoms with Crippen molar-refractivity contribution in [3.05, 3.63) is 198 Å². The molecule has 408 valence electrons. The maximum atomic E-state index is 12.8. The molecule has 0 aliphatic carbocycles. The van der Waals surface area contributed by atoms with Gasteiger partial charge < -0.3 is 9.52 Å². The average molecular weight is 1230 g/mol. The number of hydrogen-bond acceptors (Lipinski definition) is 5. The number of aromatic nitrogens is 4. The van der Waals surface area contributed by atoms with Gasteiger partial charge in [0.2, 0.25) is 0 Å². The van der Waals surface area contributed by atoms with Gasteiger partial charge in [-0.25, -0.2) is 4.98 Å². The number of imidazole rings is 1. The number of phenolic OH excluding ortho intramolecular Hbond substituents is 1. The second kappa shape index (κ2) is 20.3. The number of para-hydroxylation sites is 1. The average Bonchev–Trinajstić information content (AvgIpc) is 4.22. The van der Waals surface area contributed by atoms with Crippen molar-refractivity contribution < 1.29 is 30.6 Å². The van der Waals surface area contributed by atoms with Crippen LogP contribution in [0.2, 0.25) is 0 Å². The summed E-state index contributed by atoms with van der Waals surface area (Å²) in [5, 5.41) is 14.5. The third kappa shape index (κ3) is 10.5. The fourth-order valence-corrected chi connectivity index (χ4v) is 10.8. The molecule has 0 fully saturated rings. The molecule has 0 saturated heterocycles. The summed E-state index contributed by atoms with van der Waals surface area (Å²) in [6.45, 7) is 33.5. The monoisotopic (exact) mass is 1230 g/mol. The van der Waals surface area contributed by atoms with Crippen LogP contribution in [0.3, 0.4) is 0 Å². The van der Waals surface area contributed by atoms with Crippen molar-refractivity contribution in [3.63, 3.8) is 0 Å². The Morgan fingerprint density at radius 2 is 1.09 bits per heavy atom. The maximum absolute atomic E-state index is 12.8. The van der Waals surface area contributed by atoms with E-state index in [1.807, 2.05) is 24.5 Å². The second-order valence-electron chi connectivity index (χ2n) is 26.8. The molecule has 0 saturated carbocycles. The first kappa shape index (κ1) is 55.9. The Morgan fingerprint density at radius 1 is 0.475 bits per heavy atom. The number of phenols is 1. The topological polar surface area (TPSA) is 77.0 Å². The Bertz CT molecular complexity index is 4120. The molecule has 0 bridgehead atoms. The van der Waals surface area contributed by atoms with Gasteiger partial charge in [-0.1, -0.05) is 212 Å². The molecule has 0 aliphatic heterocycles. The van der Waals surface area contributed by atoms with E-state index >= 15 is 0 Å². The number of hydrogen-bond donors (Lipinski definition) is 1. The largest absolute Gasteiger partial charge is 0.507 e. The molecule has 11 rings (SSSR count). The van der Waals surface area contributed by atoms with Gasteiger partial charge in [-0.2, -0.15) is 0 Å². The summed E-state index contributed by atoms with van der Waals surface area (Å²) in [5.41, 5.74) is 18.9. The predicted molar refractivity (Wildman–Crippen MR) is 331 cm³/mol. The van der Waals surface area contributed by atoms with Crippen LogP contribution in [-0.4, -0.2) is 24.6 Å². The van der Waals surface area contributed by atoms with E-state index in [9.17, 15) is 5.11 Å². The molecule has 0 unspecified atom stereocenters. The van der Waals surface area contributed by atoms with E-state index in [2.05, 4.69) is 254 Å². The van der Waals surface area contributed by atoms with Crippen molar-refractivity contribution in [2.75, 3.05) is 0 Å². The van der Waals surface area contributed by atoms with Crippen molar-refractivity contribution >= 4 is 33.0 Å². The number of aromatic hydroxyl groups is 1. The van der Waals surface area contributed by atoms with Crippen molar-refractivity contribution in [1.82, 2.24) is 19.5 Å². The molecule has 80 heavy (non-hydrogen) atoms. The van der Waals surface area contributed by atoms with Gasteiger partial charge in [0.1, 0.15) is 17.2 Å². The van der Waals surface area contributed by atoms with E-state index in [4.69, 9.17) is 19.4 Å². The molecule has 0 amide bonds. The number of rotatable bonds is 7. The summed E-state index contributed by atoms with van der Waals surface area (Å²) in [4.78, 5) is 16.0. The Balaban J connectivity index is 0.00000720. The van der Waals surface area contributed by atoms with Gasteiger partial charge in [0.15, 0.2) is 0 Å². The minimum atomic E-state index is -0.368. The first-order valence-corrected chi connectivity index (χ1v) is 27.8. The summed E-state index contributed by atoms with van der Waals surface area (Å²) >= 11 is 0. The Morgan fingerprint density at radius 3 is 1.71 bits per heavy atom. The molecule has 11 aromatic rings. The van der Waals surface area contributed by atoms with Gasteiger partial charge in [0.05, 0.1) is 33.6 Å². The Kier molecular flexibility index (Phi) is 14.2. The molecule has 0 atom stereocenters. The van der Waals surface area contributed by atoms with Crippen LogP contribution in [0.4, 0.5) is 0 Å². The minimum Gasteiger partial charge on any atom is -0.507 e. The summed E-state index contributed by atoms with van der Waals surface area (Å²) < 4.78 is 9.35. The van der Waals surface area contributed by atoms with Crippen molar-refractivity contribution in [2.45, 2.75) is 131 Å². The molecular formula is C73H73N4O2Pt-. The molecule has 6 nitrogen and oxygen atoms in total. The minimum absolute atomic E-state index is 0. The fourth-order valence-electron chi connectivity index (χ4n) is 10.8. The zero-order valence-electron chi connectivity index (χ0n) is 49.0. The Hall–Kier alpha value is -7.40. The predicted octanol–water partition coefficient (Wildman–Crippen LogP) is 19.7. The van der Waals surface area contributed by atoms with Gasteiger partial charge in [-0.15, -0.1) is 17.7 Å². The summed E-state index contributed by atoms with van der Waals surface area (Å²) in [6.07, 6.45) is 3.84. The van der Waals surface area contributed by atoms with Crippen molar-refractivity contribution in [3.8, 4) is 78.7 Å². The summed E-state index contributed by atoms with van der Waals surface area (Å²) in [5.74, 6) is 0.869. The second-order valence-corrected chi connectivity index (χ2v) is 26.8. The SMILES string of the molecule is CC(C)(C)c1cc(-c2cc3oc4c(-c5cc(-c6ccccc6)ccn5)[c-]c(-c5cccc6c5nc(-c5cc(C(C)(C)C)cc(C(C)(C)C)c5O)n6-c5ccc(C(C)(C)C)cc5-c5ccccc5)cc4c3cn2)cc(C(C)(C)C)c1.[Pt]. The number of benzene rings is 7. The van der Waals surface area contributed by atoms with E-state index in [-0.39, 0.29) is 53.9 Å². The van der Waals surface area contributed by atoms with E-state index in [1.54, 1.807) is 0 Å². The first-order chi connectivity index (χ1) is 37.2. The number of pyridine rings is 2. The summed E-state index contributed by atoms with van der Waals surface area (Å²) in [7, 11) is 0. The number of fused-ring (bicyclic) bond motifs is 4. The van der Waals surface area contributed by atoms with Crippen molar-refractivity contribution in [1.29, 1.82) is 0 Å². The van der Waals surface area contributed by atoms with Crippen LogP contribution >= 0.6 is 0 Å². The standard InChI is InChI=1S/C73H73N4O2.Pt/c1-69(2,3)49-29-30-62(54(39-49)45-25-20-17-21-26-45)77-63-28-22-27-53(65(63)76-68(77)57-40-52(72(10,11)12)41-59(66(57)78)73(13,14)15)47-35-55-58-43-75-60(48-33-50(70(4,5)6)38-51(34-48)71(7,8)9)42-64(58)79-67(55)56(36-47)61-37-46(31-32-74-61)44-23-18-16-19-24-44;/h16-35,37-43,78H,1-15H3;/q-1;. The quantitative estimate of drug-likeness (QED) is 0.161. The molecule has 4 aromatic heterocycles. The van der Waals surface area contributed by atoms with Gasteiger partial charge in [-0.05, 0) is 114 Å². The third-order valence-corrected chi connectivity index (χ3v) is 15.7. The van der Waals surface area contributed by atoms with E-state index < -0.39 is 0 Å². The molecule has 7 aromatic carbocycles. The smallest absolute Gasteiger partial charge is 0.148 e. The number of furan rings is 1. The zero-order valence-corrected chi connectivity index (χ0v) is 51.3. The van der Waals surface area contributed by atoms with Gasteiger partial charge in [0, 0.05) is 67.3 Å². The van der Waals surface area contributed by atoms with Crippen LogP contribution < -0.4 is 0 Å². The fraction of sp³-hybridized carbons (Fsp3) is 0.274. The molecule has 0 aliphatic rings. The zero-order chi connectivity index (χ0) is 56.1. The normalized spacial score (nSPS) is 12.6. The molecule has 1 N–H and O–H groups in total. The van der Waals surface area contributed by atoms with Crippen LogP contribution in [0.25, 0.3) is 106 Å². The first-order valence-electron chi connectivity index (χ1n) is 27.8. The van der Waals surface area contributed by atoms with Crippen LogP contribution in [0, 0.1) is 6.07 Å². The molecule has 0 radical (unpaired) electrons. The Labute approximate surface area is 487 Å². The van der Waals surface area contributed by atoms with Crippen LogP contribution in [0.15, 0.2) is 168 Å². The van der Waals surface area contributed by atoms with Gasteiger partial charge >= 0.3 is 0 Å². The number of nitrogens with zero attached hydrogens (tertiary/aromatic N) is 4. The van der Waals surface area contributed by atoms with Crippen LogP contribution in [0.5, 0.6) is 5.75 Å². The molecule has 4 heterocycles. The van der Waals surface area contributed by atoms with E-state index in [0.717, 1.165) is 100 Å². The van der Waals surface area contributed by atoms with E-state index in [0.29, 0.717) is 17.0 Å². The third-order valence-electron chi connectivity index (χ3n) is 15.7.